The van der Waals surface area contributed by atoms with E-state index in [0.29, 0.717) is 0 Å². The summed E-state index contributed by atoms with van der Waals surface area (Å²) < 4.78 is 6.35. The topological polar surface area (TPSA) is 9.23 Å². The molecule has 1 aliphatic heterocycles. The van der Waals surface area contributed by atoms with E-state index >= 15 is 0 Å². The second-order valence-corrected chi connectivity index (χ2v) is 9.33. The molecule has 0 N–H and O–H groups in total. The number of rotatable bonds is 1. The smallest absolute Gasteiger partial charge is 0.135 e. The average Bonchev–Trinajstić information content (AvgIpc) is 2.92. The van der Waals surface area contributed by atoms with Crippen molar-refractivity contribution in [1.82, 2.24) is 0 Å². The summed E-state index contributed by atoms with van der Waals surface area (Å²) in [5.41, 5.74) is 4.88. The Morgan fingerprint density at radius 2 is 1.03 bits per heavy atom. The van der Waals surface area contributed by atoms with Gasteiger partial charge in [-0.25, -0.2) is 0 Å². The van der Waals surface area contributed by atoms with Gasteiger partial charge in [0.25, 0.3) is 0 Å². The molecule has 1 nitrogen and oxygen atoms in total. The van der Waals surface area contributed by atoms with Crippen LogP contribution in [0.1, 0.15) is 0 Å². The van der Waals surface area contributed by atoms with E-state index in [1.807, 2.05) is 12.1 Å². The lowest BCUT2D eigenvalue weighted by molar-refractivity contribution is 0.487. The molecule has 0 unspecified atom stereocenters. The lowest BCUT2D eigenvalue weighted by Crippen LogP contribution is -1.97. The molecule has 1 heterocycles. The molecule has 0 radical (unpaired) electrons. The Bertz CT molecular complexity index is 1980. The summed E-state index contributed by atoms with van der Waals surface area (Å²) >= 11 is 0. The fraction of sp³-hybridized carbons (Fsp3) is 0. The second-order valence-electron chi connectivity index (χ2n) is 9.33. The molecular formula is C34H20O. The van der Waals surface area contributed by atoms with Crippen molar-refractivity contribution < 1.29 is 4.74 Å². The molecule has 0 aliphatic carbocycles. The van der Waals surface area contributed by atoms with E-state index in [-0.39, 0.29) is 0 Å². The van der Waals surface area contributed by atoms with Crippen LogP contribution in [0.3, 0.4) is 0 Å². The highest BCUT2D eigenvalue weighted by atomic mass is 16.5. The van der Waals surface area contributed by atoms with Crippen LogP contribution >= 0.6 is 0 Å². The van der Waals surface area contributed by atoms with Crippen molar-refractivity contribution in [2.75, 3.05) is 0 Å². The molecule has 0 amide bonds. The van der Waals surface area contributed by atoms with E-state index in [4.69, 9.17) is 4.74 Å². The molecule has 0 saturated carbocycles. The van der Waals surface area contributed by atoms with E-state index < -0.39 is 0 Å². The third-order valence-electron chi connectivity index (χ3n) is 7.42. The van der Waals surface area contributed by atoms with Crippen molar-refractivity contribution in [2.24, 2.45) is 0 Å². The molecule has 0 fully saturated rings. The maximum Gasteiger partial charge on any atom is 0.135 e. The number of para-hydroxylation sites is 1. The summed E-state index contributed by atoms with van der Waals surface area (Å²) in [7, 11) is 0. The summed E-state index contributed by atoms with van der Waals surface area (Å²) in [6.07, 6.45) is 0. The first-order chi connectivity index (χ1) is 17.3. The fourth-order valence-electron chi connectivity index (χ4n) is 5.84. The normalized spacial score (nSPS) is 12.2. The van der Waals surface area contributed by atoms with Gasteiger partial charge in [-0.3, -0.25) is 0 Å². The van der Waals surface area contributed by atoms with Crippen molar-refractivity contribution in [1.29, 1.82) is 0 Å². The van der Waals surface area contributed by atoms with Gasteiger partial charge in [0.1, 0.15) is 11.5 Å². The van der Waals surface area contributed by atoms with Crippen LogP contribution in [-0.4, -0.2) is 0 Å². The molecular weight excluding hydrogens is 424 g/mol. The monoisotopic (exact) mass is 444 g/mol. The Labute approximate surface area is 202 Å². The van der Waals surface area contributed by atoms with Gasteiger partial charge >= 0.3 is 0 Å². The van der Waals surface area contributed by atoms with Crippen LogP contribution in [0, 0.1) is 0 Å². The lowest BCUT2D eigenvalue weighted by atomic mass is 9.87. The first-order valence-corrected chi connectivity index (χ1v) is 12.0. The summed E-state index contributed by atoms with van der Waals surface area (Å²) in [4.78, 5) is 0. The second kappa shape index (κ2) is 6.94. The third kappa shape index (κ3) is 2.64. The number of ether oxygens (including phenoxy) is 1. The van der Waals surface area contributed by atoms with Gasteiger partial charge in [-0.05, 0) is 78.7 Å². The zero-order chi connectivity index (χ0) is 22.9. The molecule has 35 heavy (non-hydrogen) atoms. The minimum absolute atomic E-state index is 0.920. The Morgan fingerprint density at radius 1 is 0.343 bits per heavy atom. The molecule has 0 spiro atoms. The Morgan fingerprint density at radius 3 is 1.94 bits per heavy atom. The Kier molecular flexibility index (Phi) is 3.72. The maximum absolute atomic E-state index is 6.35. The van der Waals surface area contributed by atoms with Crippen molar-refractivity contribution >= 4 is 43.1 Å². The van der Waals surface area contributed by atoms with Crippen LogP contribution in [0.25, 0.3) is 65.3 Å². The Hall–Kier alpha value is -4.62. The summed E-state index contributed by atoms with van der Waals surface area (Å²) in [5, 5.41) is 10.1. The van der Waals surface area contributed by atoms with E-state index in [9.17, 15) is 0 Å². The van der Waals surface area contributed by atoms with Gasteiger partial charge in [0, 0.05) is 10.9 Å². The molecule has 1 heteroatoms. The molecule has 0 atom stereocenters. The van der Waals surface area contributed by atoms with E-state index in [1.165, 1.54) is 59.8 Å². The number of hydrogen-bond acceptors (Lipinski definition) is 1. The lowest BCUT2D eigenvalue weighted by Gasteiger charge is -2.23. The van der Waals surface area contributed by atoms with Gasteiger partial charge in [-0.15, -0.1) is 0 Å². The molecule has 162 valence electrons. The highest BCUT2D eigenvalue weighted by Crippen LogP contribution is 2.49. The van der Waals surface area contributed by atoms with Gasteiger partial charge < -0.3 is 4.74 Å². The first-order valence-electron chi connectivity index (χ1n) is 12.0. The van der Waals surface area contributed by atoms with Crippen molar-refractivity contribution in [3.8, 4) is 33.8 Å². The summed E-state index contributed by atoms with van der Waals surface area (Å²) in [6.45, 7) is 0. The van der Waals surface area contributed by atoms with Crippen LogP contribution < -0.4 is 4.74 Å². The SMILES string of the molecule is c1ccc2c(c1)Oc1ccc(-c3cccc4ccc5cc6ccccc6cc5c34)c3cccc-2c13. The standard InChI is InChI=1S/C34H20O/c1-2-8-23-20-30-24(19-22(23)7-1)16-15-21-9-5-11-27(33(21)30)25-17-18-32-34-28(25)12-6-13-29(34)26-10-3-4-14-31(26)35-32/h1-20H. The molecule has 8 rings (SSSR count). The largest absolute Gasteiger partial charge is 0.456 e. The zero-order valence-corrected chi connectivity index (χ0v) is 19.0. The first kappa shape index (κ1) is 18.8. The van der Waals surface area contributed by atoms with Crippen LogP contribution in [0.2, 0.25) is 0 Å². The highest BCUT2D eigenvalue weighted by molar-refractivity contribution is 6.20. The van der Waals surface area contributed by atoms with Crippen LogP contribution in [0.5, 0.6) is 11.5 Å². The van der Waals surface area contributed by atoms with Gasteiger partial charge in [0.05, 0.1) is 0 Å². The molecule has 0 saturated heterocycles. The van der Waals surface area contributed by atoms with Crippen LogP contribution in [-0.2, 0) is 0 Å². The van der Waals surface area contributed by atoms with Gasteiger partial charge in [0.2, 0.25) is 0 Å². The molecule has 7 aromatic carbocycles. The van der Waals surface area contributed by atoms with Gasteiger partial charge in [0.15, 0.2) is 0 Å². The minimum Gasteiger partial charge on any atom is -0.456 e. The van der Waals surface area contributed by atoms with Crippen LogP contribution in [0.4, 0.5) is 0 Å². The predicted molar refractivity (Wildman–Crippen MR) is 147 cm³/mol. The highest BCUT2D eigenvalue weighted by Gasteiger charge is 2.21. The van der Waals surface area contributed by atoms with E-state index in [1.54, 1.807) is 0 Å². The van der Waals surface area contributed by atoms with Crippen molar-refractivity contribution in [3.05, 3.63) is 121 Å². The summed E-state index contributed by atoms with van der Waals surface area (Å²) in [5.74, 6) is 1.84. The fourth-order valence-corrected chi connectivity index (χ4v) is 5.84. The third-order valence-corrected chi connectivity index (χ3v) is 7.42. The van der Waals surface area contributed by atoms with E-state index in [2.05, 4.69) is 109 Å². The zero-order valence-electron chi connectivity index (χ0n) is 19.0. The number of hydrogen-bond donors (Lipinski definition) is 0. The Balaban J connectivity index is 1.49. The predicted octanol–water partition coefficient (Wildman–Crippen LogP) is 9.74. The van der Waals surface area contributed by atoms with Crippen molar-refractivity contribution in [3.63, 3.8) is 0 Å². The average molecular weight is 445 g/mol. The summed E-state index contributed by atoms with van der Waals surface area (Å²) in [6, 6.07) is 43.7. The van der Waals surface area contributed by atoms with Crippen LogP contribution in [0.15, 0.2) is 121 Å². The molecule has 0 bridgehead atoms. The minimum atomic E-state index is 0.920. The number of fused-ring (bicyclic) bond motifs is 6. The molecule has 0 aromatic heterocycles. The van der Waals surface area contributed by atoms with Gasteiger partial charge in [-0.1, -0.05) is 97.1 Å². The molecule has 1 aliphatic rings. The van der Waals surface area contributed by atoms with Crippen molar-refractivity contribution in [2.45, 2.75) is 0 Å². The van der Waals surface area contributed by atoms with Gasteiger partial charge in [-0.2, -0.15) is 0 Å². The molecule has 7 aromatic rings. The number of benzene rings is 7. The van der Waals surface area contributed by atoms with E-state index in [0.717, 1.165) is 17.1 Å². The maximum atomic E-state index is 6.35. The quantitative estimate of drug-likeness (QED) is 0.181.